The number of benzene rings is 1. The molecule has 2 aromatic rings. The van der Waals surface area contributed by atoms with Crippen LogP contribution in [0, 0.1) is 0 Å². The molecule has 1 aromatic carbocycles. The van der Waals surface area contributed by atoms with E-state index in [4.69, 9.17) is 5.11 Å². The minimum atomic E-state index is -1.01. The minimum Gasteiger partial charge on any atom is -0.478 e. The molecule has 0 radical (unpaired) electrons. The summed E-state index contributed by atoms with van der Waals surface area (Å²) in [6.07, 6.45) is 6.19. The van der Waals surface area contributed by atoms with Crippen LogP contribution in [0.4, 0.5) is 0 Å². The number of nitrogens with one attached hydrogen (secondary N) is 1. The smallest absolute Gasteiger partial charge is 0.335 e. The third kappa shape index (κ3) is 4.47. The van der Waals surface area contributed by atoms with E-state index in [1.54, 1.807) is 18.2 Å². The van der Waals surface area contributed by atoms with Crippen molar-refractivity contribution in [3.63, 3.8) is 0 Å². The standard InChI is InChI=1S/C19H24N4O3/c24-18(13-14-7-3-4-8-15(14)19(25)26)20-11-6-10-17-22-21-16-9-2-1-5-12-23(16)17/h3-4,7-8H,1-2,5-6,9-13H2,(H,20,24)(H,25,26). The summed E-state index contributed by atoms with van der Waals surface area (Å²) in [4.78, 5) is 23.3. The molecule has 3 rings (SSSR count). The first kappa shape index (κ1) is 18.1. The van der Waals surface area contributed by atoms with Gasteiger partial charge in [0.15, 0.2) is 0 Å². The van der Waals surface area contributed by atoms with Crippen molar-refractivity contribution in [2.75, 3.05) is 6.54 Å². The van der Waals surface area contributed by atoms with Gasteiger partial charge in [-0.25, -0.2) is 4.79 Å². The molecule has 2 heterocycles. The lowest BCUT2D eigenvalue weighted by atomic mass is 10.0. The Bertz CT molecular complexity index is 785. The van der Waals surface area contributed by atoms with Crippen molar-refractivity contribution < 1.29 is 14.7 Å². The fraction of sp³-hybridized carbons (Fsp3) is 0.474. The van der Waals surface area contributed by atoms with Crippen molar-refractivity contribution >= 4 is 11.9 Å². The molecular weight excluding hydrogens is 332 g/mol. The molecule has 0 atom stereocenters. The molecule has 0 bridgehead atoms. The third-order valence-corrected chi connectivity index (χ3v) is 4.68. The van der Waals surface area contributed by atoms with Crippen molar-refractivity contribution in [2.45, 2.75) is 51.5 Å². The first-order valence-corrected chi connectivity index (χ1v) is 9.14. The molecule has 1 amide bonds. The van der Waals surface area contributed by atoms with Gasteiger partial charge in [0.1, 0.15) is 11.6 Å². The van der Waals surface area contributed by atoms with E-state index in [9.17, 15) is 9.59 Å². The summed E-state index contributed by atoms with van der Waals surface area (Å²) in [6.45, 7) is 1.52. The number of aromatic nitrogens is 3. The van der Waals surface area contributed by atoms with Crippen LogP contribution in [0.5, 0.6) is 0 Å². The fourth-order valence-electron chi connectivity index (χ4n) is 3.32. The summed E-state index contributed by atoms with van der Waals surface area (Å²) < 4.78 is 2.22. The lowest BCUT2D eigenvalue weighted by molar-refractivity contribution is -0.120. The second-order valence-electron chi connectivity index (χ2n) is 6.59. The van der Waals surface area contributed by atoms with Crippen LogP contribution in [-0.2, 0) is 30.6 Å². The van der Waals surface area contributed by atoms with Crippen LogP contribution < -0.4 is 5.32 Å². The summed E-state index contributed by atoms with van der Waals surface area (Å²) in [5.74, 6) is 0.888. The number of carbonyl (C=O) groups excluding carboxylic acids is 1. The van der Waals surface area contributed by atoms with Gasteiger partial charge in [0.25, 0.3) is 0 Å². The number of aromatic carboxylic acids is 1. The molecule has 2 N–H and O–H groups in total. The van der Waals surface area contributed by atoms with Crippen LogP contribution >= 0.6 is 0 Å². The first-order valence-electron chi connectivity index (χ1n) is 9.14. The van der Waals surface area contributed by atoms with Crippen LogP contribution in [0.1, 0.15) is 53.3 Å². The van der Waals surface area contributed by atoms with E-state index in [0.29, 0.717) is 12.1 Å². The Morgan fingerprint density at radius 1 is 1.15 bits per heavy atom. The molecule has 26 heavy (non-hydrogen) atoms. The number of aryl methyl sites for hydroxylation is 2. The number of carbonyl (C=O) groups is 2. The molecule has 1 aromatic heterocycles. The predicted molar refractivity (Wildman–Crippen MR) is 96.0 cm³/mol. The Hall–Kier alpha value is -2.70. The number of rotatable bonds is 7. The molecule has 7 heteroatoms. The zero-order valence-electron chi connectivity index (χ0n) is 14.8. The van der Waals surface area contributed by atoms with Crippen LogP contribution in [0.25, 0.3) is 0 Å². The van der Waals surface area contributed by atoms with E-state index in [1.807, 2.05) is 0 Å². The Balaban J connectivity index is 1.46. The van der Waals surface area contributed by atoms with E-state index in [-0.39, 0.29) is 17.9 Å². The number of fused-ring (bicyclic) bond motifs is 1. The average molecular weight is 356 g/mol. The zero-order chi connectivity index (χ0) is 18.4. The van der Waals surface area contributed by atoms with E-state index < -0.39 is 5.97 Å². The molecule has 7 nitrogen and oxygen atoms in total. The summed E-state index contributed by atoms with van der Waals surface area (Å²) in [5, 5.41) is 20.6. The largest absolute Gasteiger partial charge is 0.478 e. The first-order chi connectivity index (χ1) is 12.6. The van der Waals surface area contributed by atoms with E-state index >= 15 is 0 Å². The summed E-state index contributed by atoms with van der Waals surface area (Å²) in [6, 6.07) is 6.59. The Morgan fingerprint density at radius 2 is 2.00 bits per heavy atom. The van der Waals surface area contributed by atoms with Gasteiger partial charge in [-0.05, 0) is 30.9 Å². The van der Waals surface area contributed by atoms with Gasteiger partial charge >= 0.3 is 5.97 Å². The van der Waals surface area contributed by atoms with E-state index in [2.05, 4.69) is 20.1 Å². The van der Waals surface area contributed by atoms with E-state index in [0.717, 1.165) is 43.9 Å². The normalized spacial score (nSPS) is 13.7. The summed E-state index contributed by atoms with van der Waals surface area (Å²) >= 11 is 0. The highest BCUT2D eigenvalue weighted by Crippen LogP contribution is 2.15. The SMILES string of the molecule is O=C(Cc1ccccc1C(=O)O)NCCCc1nnc2n1CCCCC2. The van der Waals surface area contributed by atoms with Gasteiger partial charge in [-0.1, -0.05) is 24.6 Å². The average Bonchev–Trinajstić information content (AvgIpc) is 2.85. The van der Waals surface area contributed by atoms with Crippen molar-refractivity contribution in [3.8, 4) is 0 Å². The molecule has 0 fully saturated rings. The highest BCUT2D eigenvalue weighted by Gasteiger charge is 2.15. The van der Waals surface area contributed by atoms with Crippen molar-refractivity contribution in [1.82, 2.24) is 20.1 Å². The molecule has 1 aliphatic rings. The van der Waals surface area contributed by atoms with Gasteiger partial charge in [-0.2, -0.15) is 0 Å². The molecule has 0 aliphatic carbocycles. The molecule has 0 unspecified atom stereocenters. The van der Waals surface area contributed by atoms with Crippen LogP contribution in [0.3, 0.4) is 0 Å². The topological polar surface area (TPSA) is 97.1 Å². The zero-order valence-corrected chi connectivity index (χ0v) is 14.8. The van der Waals surface area contributed by atoms with Crippen LogP contribution in [0.2, 0.25) is 0 Å². The van der Waals surface area contributed by atoms with Crippen molar-refractivity contribution in [2.24, 2.45) is 0 Å². The van der Waals surface area contributed by atoms with Crippen molar-refractivity contribution in [3.05, 3.63) is 47.0 Å². The minimum absolute atomic E-state index is 0.0722. The molecule has 0 spiro atoms. The second kappa shape index (κ2) is 8.60. The third-order valence-electron chi connectivity index (χ3n) is 4.68. The Labute approximate surface area is 152 Å². The highest BCUT2D eigenvalue weighted by atomic mass is 16.4. The van der Waals surface area contributed by atoms with Crippen molar-refractivity contribution in [1.29, 1.82) is 0 Å². The summed E-state index contributed by atoms with van der Waals surface area (Å²) in [7, 11) is 0. The van der Waals surface area contributed by atoms with Crippen LogP contribution in [-0.4, -0.2) is 38.3 Å². The maximum atomic E-state index is 12.1. The monoisotopic (exact) mass is 356 g/mol. The van der Waals surface area contributed by atoms with Gasteiger partial charge in [-0.3, -0.25) is 4.79 Å². The number of carboxylic acids is 1. The number of hydrogen-bond donors (Lipinski definition) is 2. The molecule has 0 saturated carbocycles. The quantitative estimate of drug-likeness (QED) is 0.740. The van der Waals surface area contributed by atoms with Gasteiger partial charge in [-0.15, -0.1) is 10.2 Å². The Morgan fingerprint density at radius 3 is 2.85 bits per heavy atom. The number of carboxylic acid groups (broad SMARTS) is 1. The fourth-order valence-corrected chi connectivity index (χ4v) is 3.32. The van der Waals surface area contributed by atoms with E-state index in [1.165, 1.54) is 18.9 Å². The van der Waals surface area contributed by atoms with Gasteiger partial charge in [0.2, 0.25) is 5.91 Å². The summed E-state index contributed by atoms with van der Waals surface area (Å²) in [5.41, 5.74) is 0.703. The molecular formula is C19H24N4O3. The van der Waals surface area contributed by atoms with Gasteiger partial charge < -0.3 is 15.0 Å². The number of hydrogen-bond acceptors (Lipinski definition) is 4. The van der Waals surface area contributed by atoms with Gasteiger partial charge in [0.05, 0.1) is 12.0 Å². The Kier molecular flexibility index (Phi) is 5.99. The van der Waals surface area contributed by atoms with Crippen LogP contribution in [0.15, 0.2) is 24.3 Å². The molecule has 1 aliphatic heterocycles. The second-order valence-corrected chi connectivity index (χ2v) is 6.59. The number of amides is 1. The molecule has 138 valence electrons. The maximum Gasteiger partial charge on any atom is 0.335 e. The predicted octanol–water partition coefficient (Wildman–Crippen LogP) is 1.99. The lowest BCUT2D eigenvalue weighted by Crippen LogP contribution is -2.27. The maximum absolute atomic E-state index is 12.1. The lowest BCUT2D eigenvalue weighted by Gasteiger charge is -2.09. The molecule has 0 saturated heterocycles. The highest BCUT2D eigenvalue weighted by molar-refractivity contribution is 5.91. The van der Waals surface area contributed by atoms with Gasteiger partial charge in [0, 0.05) is 25.9 Å². The number of nitrogens with zero attached hydrogens (tertiary/aromatic N) is 3.